The molecule has 0 radical (unpaired) electrons. The van der Waals surface area contributed by atoms with Crippen molar-refractivity contribution < 1.29 is 15.0 Å². The molecule has 4 heteroatoms. The number of hydrogen-bond acceptors (Lipinski definition) is 3. The summed E-state index contributed by atoms with van der Waals surface area (Å²) in [4.78, 5) is 11.0. The summed E-state index contributed by atoms with van der Waals surface area (Å²) in [6, 6.07) is 2.76. The number of anilines is 1. The Morgan fingerprint density at radius 1 is 1.23 bits per heavy atom. The predicted octanol–water partition coefficient (Wildman–Crippen LogP) is 0.982. The molecule has 0 spiro atoms. The standard InChI is InChI=1S/C9H9NO3/c11-6-3-5-1-2-8(13)10-9(5)7(12)4-6/h3-4,11-12H,1-2H2,(H,10,13). The lowest BCUT2D eigenvalue weighted by atomic mass is 10.0. The molecular weight excluding hydrogens is 170 g/mol. The molecule has 0 fully saturated rings. The number of rotatable bonds is 0. The van der Waals surface area contributed by atoms with Crippen molar-refractivity contribution in [1.29, 1.82) is 0 Å². The normalized spacial score (nSPS) is 14.9. The summed E-state index contributed by atoms with van der Waals surface area (Å²) in [6.45, 7) is 0. The van der Waals surface area contributed by atoms with Gasteiger partial charge in [-0.25, -0.2) is 0 Å². The van der Waals surface area contributed by atoms with E-state index < -0.39 is 0 Å². The second-order valence-electron chi connectivity index (χ2n) is 3.05. The summed E-state index contributed by atoms with van der Waals surface area (Å²) in [5.41, 5.74) is 1.20. The zero-order chi connectivity index (χ0) is 9.42. The van der Waals surface area contributed by atoms with Crippen LogP contribution >= 0.6 is 0 Å². The molecule has 1 aliphatic heterocycles. The first kappa shape index (κ1) is 7.91. The minimum Gasteiger partial charge on any atom is -0.508 e. The maximum absolute atomic E-state index is 11.0. The fourth-order valence-corrected chi connectivity index (χ4v) is 1.46. The van der Waals surface area contributed by atoms with Crippen LogP contribution in [0, 0.1) is 0 Å². The number of fused-ring (bicyclic) bond motifs is 1. The average molecular weight is 179 g/mol. The van der Waals surface area contributed by atoms with Gasteiger partial charge in [-0.15, -0.1) is 0 Å². The van der Waals surface area contributed by atoms with Crippen molar-refractivity contribution in [2.45, 2.75) is 12.8 Å². The zero-order valence-corrected chi connectivity index (χ0v) is 6.87. The molecular formula is C9H9NO3. The second kappa shape index (κ2) is 2.65. The van der Waals surface area contributed by atoms with Crippen LogP contribution in [0.4, 0.5) is 5.69 Å². The fraction of sp³-hybridized carbons (Fsp3) is 0.222. The lowest BCUT2D eigenvalue weighted by Gasteiger charge is -2.17. The first-order valence-electron chi connectivity index (χ1n) is 4.01. The minimum atomic E-state index is -0.103. The largest absolute Gasteiger partial charge is 0.508 e. The highest BCUT2D eigenvalue weighted by Gasteiger charge is 2.18. The number of carbonyl (C=O) groups is 1. The van der Waals surface area contributed by atoms with Gasteiger partial charge in [-0.05, 0) is 18.1 Å². The van der Waals surface area contributed by atoms with Crippen molar-refractivity contribution in [1.82, 2.24) is 0 Å². The van der Waals surface area contributed by atoms with Gasteiger partial charge in [0.2, 0.25) is 5.91 Å². The van der Waals surface area contributed by atoms with E-state index in [1.54, 1.807) is 6.07 Å². The summed E-state index contributed by atoms with van der Waals surface area (Å²) < 4.78 is 0. The highest BCUT2D eigenvalue weighted by atomic mass is 16.3. The quantitative estimate of drug-likeness (QED) is 0.410. The van der Waals surface area contributed by atoms with Gasteiger partial charge in [0.25, 0.3) is 0 Å². The van der Waals surface area contributed by atoms with E-state index >= 15 is 0 Å². The number of aryl methyl sites for hydroxylation is 1. The Balaban J connectivity index is 2.53. The van der Waals surface area contributed by atoms with Gasteiger partial charge in [0.05, 0.1) is 5.69 Å². The second-order valence-corrected chi connectivity index (χ2v) is 3.05. The van der Waals surface area contributed by atoms with E-state index in [0.717, 1.165) is 5.56 Å². The Kier molecular flexibility index (Phi) is 1.62. The van der Waals surface area contributed by atoms with Gasteiger partial charge in [0, 0.05) is 12.5 Å². The van der Waals surface area contributed by atoms with E-state index in [-0.39, 0.29) is 17.4 Å². The van der Waals surface area contributed by atoms with Crippen LogP contribution in [-0.2, 0) is 11.2 Å². The Morgan fingerprint density at radius 2 is 2.00 bits per heavy atom. The maximum Gasteiger partial charge on any atom is 0.224 e. The molecule has 3 N–H and O–H groups in total. The van der Waals surface area contributed by atoms with Crippen molar-refractivity contribution in [2.75, 3.05) is 5.32 Å². The van der Waals surface area contributed by atoms with Gasteiger partial charge in [-0.2, -0.15) is 0 Å². The van der Waals surface area contributed by atoms with Crippen LogP contribution in [0.5, 0.6) is 11.5 Å². The van der Waals surface area contributed by atoms with Crippen molar-refractivity contribution in [3.8, 4) is 11.5 Å². The first-order chi connectivity index (χ1) is 6.16. The number of carbonyl (C=O) groups excluding carboxylic acids is 1. The SMILES string of the molecule is O=C1CCc2cc(O)cc(O)c2N1. The van der Waals surface area contributed by atoms with Gasteiger partial charge < -0.3 is 15.5 Å². The molecule has 68 valence electrons. The molecule has 0 saturated carbocycles. The topological polar surface area (TPSA) is 69.6 Å². The first-order valence-corrected chi connectivity index (χ1v) is 4.01. The number of aromatic hydroxyl groups is 2. The van der Waals surface area contributed by atoms with E-state index in [4.69, 9.17) is 5.11 Å². The summed E-state index contributed by atoms with van der Waals surface area (Å²) in [5.74, 6) is -0.163. The van der Waals surface area contributed by atoms with Gasteiger partial charge in [0.1, 0.15) is 11.5 Å². The molecule has 0 aliphatic carbocycles. The lowest BCUT2D eigenvalue weighted by Crippen LogP contribution is -2.18. The molecule has 1 aromatic carbocycles. The van der Waals surface area contributed by atoms with E-state index in [0.29, 0.717) is 18.5 Å². The fourth-order valence-electron chi connectivity index (χ4n) is 1.46. The molecule has 1 heterocycles. The van der Waals surface area contributed by atoms with Crippen LogP contribution < -0.4 is 5.32 Å². The molecule has 2 rings (SSSR count). The third-order valence-electron chi connectivity index (χ3n) is 2.07. The van der Waals surface area contributed by atoms with Crippen LogP contribution in [0.1, 0.15) is 12.0 Å². The molecule has 0 bridgehead atoms. The number of hydrogen-bond donors (Lipinski definition) is 3. The lowest BCUT2D eigenvalue weighted by molar-refractivity contribution is -0.116. The van der Waals surface area contributed by atoms with E-state index in [9.17, 15) is 9.90 Å². The Labute approximate surface area is 74.8 Å². The Hall–Kier alpha value is -1.71. The summed E-state index contributed by atoms with van der Waals surface area (Å²) in [6.07, 6.45) is 0.957. The zero-order valence-electron chi connectivity index (χ0n) is 6.87. The van der Waals surface area contributed by atoms with E-state index in [2.05, 4.69) is 5.32 Å². The summed E-state index contributed by atoms with van der Waals surface area (Å²) in [5, 5.41) is 21.1. The Bertz CT molecular complexity index is 373. The highest BCUT2D eigenvalue weighted by molar-refractivity contribution is 5.95. The smallest absolute Gasteiger partial charge is 0.224 e. The van der Waals surface area contributed by atoms with Crippen LogP contribution in [0.25, 0.3) is 0 Å². The predicted molar refractivity (Wildman–Crippen MR) is 46.7 cm³/mol. The highest BCUT2D eigenvalue weighted by Crippen LogP contribution is 2.35. The minimum absolute atomic E-state index is 0.0207. The molecule has 0 aromatic heterocycles. The molecule has 0 saturated heterocycles. The van der Waals surface area contributed by atoms with Crippen molar-refractivity contribution in [3.63, 3.8) is 0 Å². The van der Waals surface area contributed by atoms with Crippen molar-refractivity contribution in [2.24, 2.45) is 0 Å². The third-order valence-corrected chi connectivity index (χ3v) is 2.07. The van der Waals surface area contributed by atoms with Crippen LogP contribution in [0.3, 0.4) is 0 Å². The summed E-state index contributed by atoms with van der Waals surface area (Å²) >= 11 is 0. The van der Waals surface area contributed by atoms with E-state index in [1.165, 1.54) is 6.07 Å². The molecule has 1 aliphatic rings. The molecule has 13 heavy (non-hydrogen) atoms. The van der Waals surface area contributed by atoms with Crippen LogP contribution in [0.2, 0.25) is 0 Å². The summed E-state index contributed by atoms with van der Waals surface area (Å²) in [7, 11) is 0. The van der Waals surface area contributed by atoms with Gasteiger partial charge in [-0.1, -0.05) is 0 Å². The average Bonchev–Trinajstić information content (AvgIpc) is 2.06. The van der Waals surface area contributed by atoms with Gasteiger partial charge in [-0.3, -0.25) is 4.79 Å². The molecule has 0 unspecified atom stereocenters. The van der Waals surface area contributed by atoms with E-state index in [1.807, 2.05) is 0 Å². The molecule has 0 atom stereocenters. The third kappa shape index (κ3) is 1.30. The molecule has 4 nitrogen and oxygen atoms in total. The number of phenols is 2. The van der Waals surface area contributed by atoms with Crippen LogP contribution in [-0.4, -0.2) is 16.1 Å². The van der Waals surface area contributed by atoms with Crippen molar-refractivity contribution in [3.05, 3.63) is 17.7 Å². The molecule has 1 aromatic rings. The maximum atomic E-state index is 11.0. The number of benzene rings is 1. The van der Waals surface area contributed by atoms with Gasteiger partial charge >= 0.3 is 0 Å². The molecule has 1 amide bonds. The Morgan fingerprint density at radius 3 is 2.77 bits per heavy atom. The van der Waals surface area contributed by atoms with Crippen molar-refractivity contribution >= 4 is 11.6 Å². The number of phenolic OH excluding ortho intramolecular Hbond substituents is 2. The number of amides is 1. The van der Waals surface area contributed by atoms with Crippen LogP contribution in [0.15, 0.2) is 12.1 Å². The monoisotopic (exact) mass is 179 g/mol. The number of nitrogens with one attached hydrogen (secondary N) is 1. The van der Waals surface area contributed by atoms with Gasteiger partial charge in [0.15, 0.2) is 0 Å².